The summed E-state index contributed by atoms with van der Waals surface area (Å²) >= 11 is 3.62. The summed E-state index contributed by atoms with van der Waals surface area (Å²) in [7, 11) is 0. The third-order valence-corrected chi connectivity index (χ3v) is 5.06. The molecule has 122 valence electrons. The Morgan fingerprint density at radius 3 is 2.71 bits per heavy atom. The molecule has 1 aliphatic rings. The van der Waals surface area contributed by atoms with Crippen molar-refractivity contribution in [1.29, 1.82) is 0 Å². The zero-order valence-electron chi connectivity index (χ0n) is 13.8. The Hall–Kier alpha value is -2.14. The van der Waals surface area contributed by atoms with Crippen molar-refractivity contribution in [2.45, 2.75) is 32.9 Å². The summed E-state index contributed by atoms with van der Waals surface area (Å²) in [6, 6.07) is 15.3. The van der Waals surface area contributed by atoms with E-state index in [4.69, 9.17) is 0 Å². The van der Waals surface area contributed by atoms with E-state index in [1.54, 1.807) is 0 Å². The van der Waals surface area contributed by atoms with Gasteiger partial charge in [-0.25, -0.2) is 4.68 Å². The number of nitrogens with zero attached hydrogens (tertiary/aromatic N) is 3. The first kappa shape index (κ1) is 15.4. The maximum absolute atomic E-state index is 4.32. The fraction of sp³-hybridized carbons (Fsp3) is 0.263. The first-order valence-corrected chi connectivity index (χ1v) is 8.94. The van der Waals surface area contributed by atoms with Gasteiger partial charge in [0, 0.05) is 22.3 Å². The molecule has 0 saturated carbocycles. The number of anilines is 1. The lowest BCUT2D eigenvalue weighted by Gasteiger charge is -2.21. The van der Waals surface area contributed by atoms with E-state index in [9.17, 15) is 0 Å². The van der Waals surface area contributed by atoms with E-state index in [1.807, 2.05) is 11.6 Å². The van der Waals surface area contributed by atoms with E-state index in [0.29, 0.717) is 0 Å². The Labute approximate surface area is 150 Å². The molecule has 24 heavy (non-hydrogen) atoms. The van der Waals surface area contributed by atoms with Crippen molar-refractivity contribution < 1.29 is 0 Å². The van der Waals surface area contributed by atoms with Gasteiger partial charge in [0.15, 0.2) is 0 Å². The average molecular weight is 383 g/mol. The van der Waals surface area contributed by atoms with Crippen molar-refractivity contribution in [2.75, 3.05) is 5.32 Å². The standard InChI is InChI=1S/C19H19BrN4/c1-12-3-6-15(7-4-12)21-18-9-10-24-19(13(2)22-23-24)16-8-5-14(20)11-17(16)18/h3-8,11,18,21H,9-10H2,1-2H3. The van der Waals surface area contributed by atoms with Gasteiger partial charge in [-0.15, -0.1) is 5.10 Å². The summed E-state index contributed by atoms with van der Waals surface area (Å²) in [5.74, 6) is 0. The summed E-state index contributed by atoms with van der Waals surface area (Å²) < 4.78 is 3.12. The summed E-state index contributed by atoms with van der Waals surface area (Å²) in [5, 5.41) is 12.3. The van der Waals surface area contributed by atoms with Gasteiger partial charge in [0.25, 0.3) is 0 Å². The lowest BCUT2D eigenvalue weighted by molar-refractivity contribution is 0.539. The molecule has 5 heteroatoms. The average Bonchev–Trinajstić information content (AvgIpc) is 2.86. The molecule has 1 unspecified atom stereocenters. The molecule has 1 aliphatic heterocycles. The summed E-state index contributed by atoms with van der Waals surface area (Å²) in [4.78, 5) is 0. The third-order valence-electron chi connectivity index (χ3n) is 4.57. The molecular formula is C19H19BrN4. The SMILES string of the molecule is Cc1ccc(NC2CCn3nnc(C)c3-c3ccc(Br)cc32)cc1. The van der Waals surface area contributed by atoms with Gasteiger partial charge in [0.05, 0.1) is 17.4 Å². The van der Waals surface area contributed by atoms with Crippen molar-refractivity contribution in [3.8, 4) is 11.3 Å². The number of benzene rings is 2. The first-order chi connectivity index (χ1) is 11.6. The molecule has 1 atom stereocenters. The van der Waals surface area contributed by atoms with Gasteiger partial charge in [-0.05, 0) is 50.1 Å². The summed E-state index contributed by atoms with van der Waals surface area (Å²) in [6.45, 7) is 4.99. The van der Waals surface area contributed by atoms with Crippen LogP contribution in [0.5, 0.6) is 0 Å². The van der Waals surface area contributed by atoms with Crippen molar-refractivity contribution in [3.05, 3.63) is 63.8 Å². The molecule has 2 aromatic carbocycles. The molecule has 4 nitrogen and oxygen atoms in total. The predicted molar refractivity (Wildman–Crippen MR) is 100 cm³/mol. The number of rotatable bonds is 2. The van der Waals surface area contributed by atoms with Crippen LogP contribution in [0.15, 0.2) is 46.9 Å². The number of halogens is 1. The van der Waals surface area contributed by atoms with E-state index in [-0.39, 0.29) is 6.04 Å². The molecule has 4 rings (SSSR count). The van der Waals surface area contributed by atoms with Gasteiger partial charge < -0.3 is 5.32 Å². The Bertz CT molecular complexity index is 883. The number of hydrogen-bond donors (Lipinski definition) is 1. The van der Waals surface area contributed by atoms with Crippen LogP contribution in [0.25, 0.3) is 11.3 Å². The first-order valence-electron chi connectivity index (χ1n) is 8.15. The zero-order valence-corrected chi connectivity index (χ0v) is 15.3. The largest absolute Gasteiger partial charge is 0.378 e. The second-order valence-electron chi connectivity index (χ2n) is 6.33. The Morgan fingerprint density at radius 2 is 1.92 bits per heavy atom. The van der Waals surface area contributed by atoms with Crippen LogP contribution in [-0.4, -0.2) is 15.0 Å². The van der Waals surface area contributed by atoms with E-state index >= 15 is 0 Å². The highest BCUT2D eigenvalue weighted by Crippen LogP contribution is 2.38. The minimum atomic E-state index is 0.237. The van der Waals surface area contributed by atoms with Gasteiger partial charge in [-0.3, -0.25) is 0 Å². The fourth-order valence-corrected chi connectivity index (χ4v) is 3.71. The molecule has 0 bridgehead atoms. The highest BCUT2D eigenvalue weighted by molar-refractivity contribution is 9.10. The van der Waals surface area contributed by atoms with Gasteiger partial charge in [0.2, 0.25) is 0 Å². The topological polar surface area (TPSA) is 42.7 Å². The smallest absolute Gasteiger partial charge is 0.0918 e. The van der Waals surface area contributed by atoms with Gasteiger partial charge in [0.1, 0.15) is 0 Å². The van der Waals surface area contributed by atoms with E-state index < -0.39 is 0 Å². The van der Waals surface area contributed by atoms with Crippen LogP contribution < -0.4 is 5.32 Å². The van der Waals surface area contributed by atoms with Crippen molar-refractivity contribution in [2.24, 2.45) is 0 Å². The van der Waals surface area contributed by atoms with Crippen molar-refractivity contribution >= 4 is 21.6 Å². The molecule has 0 radical (unpaired) electrons. The Morgan fingerprint density at radius 1 is 1.12 bits per heavy atom. The molecule has 0 spiro atoms. The third kappa shape index (κ3) is 2.73. The second kappa shape index (κ2) is 6.06. The lowest BCUT2D eigenvalue weighted by Crippen LogP contribution is -2.12. The molecule has 0 fully saturated rings. The van der Waals surface area contributed by atoms with Crippen LogP contribution >= 0.6 is 15.9 Å². The van der Waals surface area contributed by atoms with Crippen molar-refractivity contribution in [1.82, 2.24) is 15.0 Å². The minimum absolute atomic E-state index is 0.237. The van der Waals surface area contributed by atoms with Gasteiger partial charge >= 0.3 is 0 Å². The van der Waals surface area contributed by atoms with Crippen LogP contribution in [0.3, 0.4) is 0 Å². The van der Waals surface area contributed by atoms with Crippen LogP contribution in [0, 0.1) is 13.8 Å². The molecule has 0 aliphatic carbocycles. The van der Waals surface area contributed by atoms with Gasteiger partial charge in [-0.2, -0.15) is 0 Å². The summed E-state index contributed by atoms with van der Waals surface area (Å²) in [6.07, 6.45) is 0.965. The van der Waals surface area contributed by atoms with E-state index in [1.165, 1.54) is 16.7 Å². The number of nitrogens with one attached hydrogen (secondary N) is 1. The van der Waals surface area contributed by atoms with E-state index in [0.717, 1.165) is 34.5 Å². The number of aromatic nitrogens is 3. The minimum Gasteiger partial charge on any atom is -0.378 e. The molecule has 3 aromatic rings. The molecule has 0 saturated heterocycles. The Kier molecular flexibility index (Phi) is 3.88. The van der Waals surface area contributed by atoms with E-state index in [2.05, 4.69) is 80.9 Å². The highest BCUT2D eigenvalue weighted by atomic mass is 79.9. The van der Waals surface area contributed by atoms with Gasteiger partial charge in [-0.1, -0.05) is 44.9 Å². The maximum Gasteiger partial charge on any atom is 0.0918 e. The highest BCUT2D eigenvalue weighted by Gasteiger charge is 2.25. The second-order valence-corrected chi connectivity index (χ2v) is 7.25. The maximum atomic E-state index is 4.32. The molecule has 1 aromatic heterocycles. The predicted octanol–water partition coefficient (Wildman–Crippen LogP) is 4.88. The van der Waals surface area contributed by atoms with Crippen LogP contribution in [0.4, 0.5) is 5.69 Å². The molecule has 0 amide bonds. The summed E-state index contributed by atoms with van der Waals surface area (Å²) in [5.41, 5.74) is 7.02. The van der Waals surface area contributed by atoms with Crippen LogP contribution in [0.1, 0.15) is 29.3 Å². The van der Waals surface area contributed by atoms with Crippen LogP contribution in [0.2, 0.25) is 0 Å². The van der Waals surface area contributed by atoms with Crippen LogP contribution in [-0.2, 0) is 6.54 Å². The zero-order chi connectivity index (χ0) is 16.7. The Balaban J connectivity index is 1.78. The normalized spacial score (nSPS) is 16.2. The quantitative estimate of drug-likeness (QED) is 0.686. The molecular weight excluding hydrogens is 364 g/mol. The lowest BCUT2D eigenvalue weighted by atomic mass is 9.96. The number of hydrogen-bond acceptors (Lipinski definition) is 3. The van der Waals surface area contributed by atoms with Crippen molar-refractivity contribution in [3.63, 3.8) is 0 Å². The number of fused-ring (bicyclic) bond motifs is 3. The number of aryl methyl sites for hydroxylation is 3. The fourth-order valence-electron chi connectivity index (χ4n) is 3.34. The molecule has 1 N–H and O–H groups in total. The molecule has 2 heterocycles. The monoisotopic (exact) mass is 382 g/mol.